The van der Waals surface area contributed by atoms with Crippen LogP contribution in [0.25, 0.3) is 0 Å². The van der Waals surface area contributed by atoms with Gasteiger partial charge >= 0.3 is 11.9 Å². The summed E-state index contributed by atoms with van der Waals surface area (Å²) >= 11 is 0. The molecular formula is C32H61NO13. The SMILES string of the molecule is CCCCCCCCCCCC(=O)OCCOCCOCCOCCOCCOCCOCCOCCNC(=O)COCC(=O)O. The lowest BCUT2D eigenvalue weighted by molar-refractivity contribution is -0.146. The van der Waals surface area contributed by atoms with Crippen molar-refractivity contribution in [1.82, 2.24) is 5.32 Å². The van der Waals surface area contributed by atoms with Crippen molar-refractivity contribution < 1.29 is 62.1 Å². The molecule has 0 rings (SSSR count). The van der Waals surface area contributed by atoms with Crippen molar-refractivity contribution in [2.24, 2.45) is 0 Å². The number of unbranched alkanes of at least 4 members (excludes halogenated alkanes) is 8. The second-order valence-electron chi connectivity index (χ2n) is 10.3. The Labute approximate surface area is 275 Å². The van der Waals surface area contributed by atoms with Crippen LogP contribution < -0.4 is 5.32 Å². The van der Waals surface area contributed by atoms with E-state index in [1.54, 1.807) is 0 Å². The quantitative estimate of drug-likeness (QED) is 0.0730. The van der Waals surface area contributed by atoms with Gasteiger partial charge in [-0.1, -0.05) is 58.3 Å². The Hall–Kier alpha value is -1.91. The lowest BCUT2D eigenvalue weighted by Gasteiger charge is -2.09. The molecule has 0 saturated carbocycles. The largest absolute Gasteiger partial charge is 0.480 e. The van der Waals surface area contributed by atoms with E-state index in [-0.39, 0.29) is 19.2 Å². The topological polar surface area (TPSA) is 167 Å². The summed E-state index contributed by atoms with van der Waals surface area (Å²) in [6.07, 6.45) is 11.5. The Morgan fingerprint density at radius 1 is 0.478 bits per heavy atom. The van der Waals surface area contributed by atoms with Crippen LogP contribution in [0.5, 0.6) is 0 Å². The van der Waals surface area contributed by atoms with Crippen molar-refractivity contribution in [1.29, 1.82) is 0 Å². The van der Waals surface area contributed by atoms with Gasteiger partial charge in [0.1, 0.15) is 19.8 Å². The molecule has 0 aliphatic heterocycles. The monoisotopic (exact) mass is 667 g/mol. The maximum atomic E-state index is 11.8. The van der Waals surface area contributed by atoms with Gasteiger partial charge < -0.3 is 53.1 Å². The highest BCUT2D eigenvalue weighted by atomic mass is 16.6. The molecule has 0 atom stereocenters. The first-order valence-corrected chi connectivity index (χ1v) is 16.8. The molecule has 0 aromatic heterocycles. The Balaban J connectivity index is 3.16. The number of carboxylic acids is 1. The zero-order chi connectivity index (χ0) is 33.6. The molecule has 2 N–H and O–H groups in total. The fourth-order valence-corrected chi connectivity index (χ4v) is 3.83. The van der Waals surface area contributed by atoms with E-state index < -0.39 is 18.5 Å². The molecule has 14 heteroatoms. The van der Waals surface area contributed by atoms with Crippen molar-refractivity contribution in [2.45, 2.75) is 71.1 Å². The van der Waals surface area contributed by atoms with E-state index in [2.05, 4.69) is 17.0 Å². The van der Waals surface area contributed by atoms with Crippen LogP contribution in [0.4, 0.5) is 0 Å². The van der Waals surface area contributed by atoms with Gasteiger partial charge in [-0.05, 0) is 6.42 Å². The molecule has 0 radical (unpaired) electrons. The van der Waals surface area contributed by atoms with Gasteiger partial charge in [-0.25, -0.2) is 4.79 Å². The van der Waals surface area contributed by atoms with Crippen LogP contribution in [0, 0.1) is 0 Å². The fraction of sp³-hybridized carbons (Fsp3) is 0.906. The Morgan fingerprint density at radius 2 is 0.870 bits per heavy atom. The molecular weight excluding hydrogens is 606 g/mol. The van der Waals surface area contributed by atoms with E-state index in [0.29, 0.717) is 105 Å². The van der Waals surface area contributed by atoms with Crippen LogP contribution >= 0.6 is 0 Å². The summed E-state index contributed by atoms with van der Waals surface area (Å²) < 4.78 is 47.8. The van der Waals surface area contributed by atoms with E-state index in [4.69, 9.17) is 43.0 Å². The smallest absolute Gasteiger partial charge is 0.329 e. The summed E-state index contributed by atoms with van der Waals surface area (Å²) in [5, 5.41) is 11.0. The highest BCUT2D eigenvalue weighted by molar-refractivity contribution is 5.77. The van der Waals surface area contributed by atoms with Gasteiger partial charge in [-0.2, -0.15) is 0 Å². The Kier molecular flexibility index (Phi) is 36.0. The van der Waals surface area contributed by atoms with E-state index >= 15 is 0 Å². The number of nitrogens with one attached hydrogen (secondary N) is 1. The summed E-state index contributed by atoms with van der Waals surface area (Å²) in [5.41, 5.74) is 0. The minimum Gasteiger partial charge on any atom is -0.480 e. The standard InChI is InChI=1S/C32H61NO13/c1-2-3-4-5-6-7-8-9-10-11-32(37)46-27-26-44-25-24-43-23-22-42-21-20-41-19-18-40-17-16-39-15-14-38-13-12-33-30(34)28-45-29-31(35)36/h2-29H2,1H3,(H,33,34)(H,35,36). The summed E-state index contributed by atoms with van der Waals surface area (Å²) in [6.45, 7) is 8.01. The summed E-state index contributed by atoms with van der Waals surface area (Å²) in [4.78, 5) is 33.4. The lowest BCUT2D eigenvalue weighted by atomic mass is 10.1. The average Bonchev–Trinajstić information content (AvgIpc) is 3.03. The first kappa shape index (κ1) is 44.1. The van der Waals surface area contributed by atoms with Crippen molar-refractivity contribution in [3.63, 3.8) is 0 Å². The molecule has 0 unspecified atom stereocenters. The number of hydrogen-bond donors (Lipinski definition) is 2. The number of aliphatic carboxylic acids is 1. The maximum absolute atomic E-state index is 11.8. The molecule has 46 heavy (non-hydrogen) atoms. The molecule has 0 aliphatic rings. The van der Waals surface area contributed by atoms with Gasteiger partial charge in [0, 0.05) is 13.0 Å². The van der Waals surface area contributed by atoms with Gasteiger partial charge in [0.25, 0.3) is 0 Å². The minimum absolute atomic E-state index is 0.148. The normalized spacial score (nSPS) is 11.2. The summed E-state index contributed by atoms with van der Waals surface area (Å²) in [5.74, 6) is -1.67. The predicted octanol–water partition coefficient (Wildman–Crippen LogP) is 2.78. The van der Waals surface area contributed by atoms with Crippen molar-refractivity contribution in [3.8, 4) is 0 Å². The van der Waals surface area contributed by atoms with Crippen LogP contribution in [0.15, 0.2) is 0 Å². The molecule has 0 fully saturated rings. The lowest BCUT2D eigenvalue weighted by Crippen LogP contribution is -2.31. The van der Waals surface area contributed by atoms with Crippen LogP contribution in [0.2, 0.25) is 0 Å². The molecule has 272 valence electrons. The number of hydrogen-bond acceptors (Lipinski definition) is 12. The molecule has 14 nitrogen and oxygen atoms in total. The van der Waals surface area contributed by atoms with Crippen molar-refractivity contribution >= 4 is 17.8 Å². The van der Waals surface area contributed by atoms with Crippen molar-refractivity contribution in [3.05, 3.63) is 0 Å². The molecule has 0 aliphatic carbocycles. The second-order valence-corrected chi connectivity index (χ2v) is 10.3. The van der Waals surface area contributed by atoms with E-state index in [9.17, 15) is 14.4 Å². The number of carbonyl (C=O) groups is 3. The Bertz CT molecular complexity index is 684. The molecule has 0 spiro atoms. The number of rotatable bonds is 38. The molecule has 1 amide bonds. The van der Waals surface area contributed by atoms with Gasteiger partial charge in [0.2, 0.25) is 5.91 Å². The van der Waals surface area contributed by atoms with Crippen LogP contribution in [0.1, 0.15) is 71.1 Å². The van der Waals surface area contributed by atoms with E-state index in [0.717, 1.165) is 12.8 Å². The van der Waals surface area contributed by atoms with Gasteiger partial charge in [0.15, 0.2) is 0 Å². The van der Waals surface area contributed by atoms with Gasteiger partial charge in [-0.3, -0.25) is 9.59 Å². The first-order valence-electron chi connectivity index (χ1n) is 16.8. The molecule has 0 bridgehead atoms. The second kappa shape index (κ2) is 37.5. The Morgan fingerprint density at radius 3 is 1.30 bits per heavy atom. The summed E-state index contributed by atoms with van der Waals surface area (Å²) in [7, 11) is 0. The first-order chi connectivity index (χ1) is 22.6. The van der Waals surface area contributed by atoms with Gasteiger partial charge in [-0.15, -0.1) is 0 Å². The number of carbonyl (C=O) groups excluding carboxylic acids is 2. The summed E-state index contributed by atoms with van der Waals surface area (Å²) in [6, 6.07) is 0. The van der Waals surface area contributed by atoms with Crippen molar-refractivity contribution in [2.75, 3.05) is 119 Å². The van der Waals surface area contributed by atoms with Gasteiger partial charge in [0.05, 0.1) is 92.5 Å². The average molecular weight is 668 g/mol. The zero-order valence-electron chi connectivity index (χ0n) is 28.1. The van der Waals surface area contributed by atoms with Crippen LogP contribution in [-0.2, 0) is 57.0 Å². The maximum Gasteiger partial charge on any atom is 0.329 e. The van der Waals surface area contributed by atoms with Crippen LogP contribution in [-0.4, -0.2) is 142 Å². The molecule has 0 heterocycles. The third-order valence-electron chi connectivity index (χ3n) is 6.23. The minimum atomic E-state index is -1.12. The number of ether oxygens (including phenoxy) is 9. The predicted molar refractivity (Wildman–Crippen MR) is 170 cm³/mol. The molecule has 0 aromatic carbocycles. The fourth-order valence-electron chi connectivity index (χ4n) is 3.83. The highest BCUT2D eigenvalue weighted by Gasteiger charge is 2.04. The third kappa shape index (κ3) is 38.3. The van der Waals surface area contributed by atoms with Crippen LogP contribution in [0.3, 0.4) is 0 Å². The molecule has 0 saturated heterocycles. The number of esters is 1. The van der Waals surface area contributed by atoms with E-state index in [1.165, 1.54) is 44.9 Å². The number of amides is 1. The zero-order valence-corrected chi connectivity index (χ0v) is 28.1. The number of carboxylic acid groups (broad SMARTS) is 1. The van der Waals surface area contributed by atoms with E-state index in [1.807, 2.05) is 0 Å². The highest BCUT2D eigenvalue weighted by Crippen LogP contribution is 2.10. The molecule has 0 aromatic rings. The third-order valence-corrected chi connectivity index (χ3v) is 6.23.